The van der Waals surface area contributed by atoms with Crippen LogP contribution >= 0.6 is 11.6 Å². The van der Waals surface area contributed by atoms with Gasteiger partial charge in [-0.25, -0.2) is 0 Å². The van der Waals surface area contributed by atoms with Crippen molar-refractivity contribution < 1.29 is 19.1 Å². The summed E-state index contributed by atoms with van der Waals surface area (Å²) >= 11 is 6.63. The summed E-state index contributed by atoms with van der Waals surface area (Å²) in [4.78, 5) is 37.5. The summed E-state index contributed by atoms with van der Waals surface area (Å²) in [6.07, 6.45) is 4.07. The molecule has 31 heavy (non-hydrogen) atoms. The maximum absolute atomic E-state index is 13.3. The number of carbonyl (C=O) groups excluding carboxylic acids is 3. The zero-order valence-electron chi connectivity index (χ0n) is 18.0. The molecule has 0 bridgehead atoms. The molecule has 1 heterocycles. The molecule has 4 rings (SSSR count). The molecule has 1 amide bonds. The Morgan fingerprint density at radius 2 is 1.77 bits per heavy atom. The number of hydrogen-bond acceptors (Lipinski definition) is 4. The first-order chi connectivity index (χ1) is 14.7. The highest BCUT2D eigenvalue weighted by Crippen LogP contribution is 2.45. The molecule has 1 saturated heterocycles. The topological polar surface area (TPSA) is 72.5 Å². The number of ketones is 1. The summed E-state index contributed by atoms with van der Waals surface area (Å²) in [5.74, 6) is -1.67. The maximum Gasteiger partial charge on any atom is 0.322 e. The SMILES string of the molecule is CC(=O)Nc1cc(-c2cc(C)c(C3C(=O)OC4(CCCCC4)C3=O)cc2Cl)ccc1C. The molecular formula is C25H26ClNO4. The van der Waals surface area contributed by atoms with Gasteiger partial charge in [0.15, 0.2) is 11.4 Å². The van der Waals surface area contributed by atoms with Crippen LogP contribution in [0.25, 0.3) is 11.1 Å². The van der Waals surface area contributed by atoms with Crippen molar-refractivity contribution in [3.05, 3.63) is 52.0 Å². The van der Waals surface area contributed by atoms with Crippen LogP contribution in [0.4, 0.5) is 5.69 Å². The van der Waals surface area contributed by atoms with Gasteiger partial charge in [0.05, 0.1) is 0 Å². The molecular weight excluding hydrogens is 414 g/mol. The molecule has 1 aliphatic carbocycles. The minimum absolute atomic E-state index is 0.132. The summed E-state index contributed by atoms with van der Waals surface area (Å²) in [7, 11) is 0. The van der Waals surface area contributed by atoms with Crippen LogP contribution in [-0.2, 0) is 19.1 Å². The number of hydrogen-bond donors (Lipinski definition) is 1. The van der Waals surface area contributed by atoms with Crippen molar-refractivity contribution in [2.24, 2.45) is 0 Å². The second kappa shape index (κ2) is 8.12. The fourth-order valence-electron chi connectivity index (χ4n) is 4.75. The lowest BCUT2D eigenvalue weighted by molar-refractivity contribution is -0.154. The zero-order chi connectivity index (χ0) is 22.3. The third-order valence-electron chi connectivity index (χ3n) is 6.43. The van der Waals surface area contributed by atoms with Gasteiger partial charge in [0.25, 0.3) is 0 Å². The van der Waals surface area contributed by atoms with Gasteiger partial charge < -0.3 is 10.1 Å². The van der Waals surface area contributed by atoms with E-state index in [1.165, 1.54) is 6.92 Å². The Labute approximate surface area is 187 Å². The highest BCUT2D eigenvalue weighted by molar-refractivity contribution is 6.33. The lowest BCUT2D eigenvalue weighted by Crippen LogP contribution is -2.39. The number of ether oxygens (including phenoxy) is 1. The smallest absolute Gasteiger partial charge is 0.322 e. The third kappa shape index (κ3) is 3.87. The number of rotatable bonds is 3. The number of benzene rings is 2. The molecule has 1 saturated carbocycles. The molecule has 1 spiro atoms. The van der Waals surface area contributed by atoms with Gasteiger partial charge in [0.2, 0.25) is 5.91 Å². The predicted octanol–water partition coefficient (Wildman–Crippen LogP) is 5.49. The molecule has 2 aromatic rings. The maximum atomic E-state index is 13.3. The van der Waals surface area contributed by atoms with E-state index in [9.17, 15) is 14.4 Å². The summed E-state index contributed by atoms with van der Waals surface area (Å²) in [6, 6.07) is 9.35. The van der Waals surface area contributed by atoms with Crippen LogP contribution in [0.1, 0.15) is 61.6 Å². The first-order valence-corrected chi connectivity index (χ1v) is 11.1. The van der Waals surface area contributed by atoms with Crippen molar-refractivity contribution in [3.8, 4) is 11.1 Å². The Balaban J connectivity index is 1.71. The van der Waals surface area contributed by atoms with E-state index in [1.54, 1.807) is 6.07 Å². The molecule has 0 aromatic heterocycles. The van der Waals surface area contributed by atoms with Crippen LogP contribution < -0.4 is 5.32 Å². The summed E-state index contributed by atoms with van der Waals surface area (Å²) in [5.41, 5.74) is 3.75. The van der Waals surface area contributed by atoms with Gasteiger partial charge in [0.1, 0.15) is 5.92 Å². The second-order valence-electron chi connectivity index (χ2n) is 8.67. The van der Waals surface area contributed by atoms with Crippen LogP contribution in [0, 0.1) is 13.8 Å². The van der Waals surface area contributed by atoms with Gasteiger partial charge in [-0.1, -0.05) is 30.2 Å². The standard InChI is InChI=1S/C25H26ClNO4/c1-14-7-8-17(12-21(14)27-16(3)28)19-11-15(2)18(13-20(19)26)22-23(29)25(31-24(22)30)9-5-4-6-10-25/h7-8,11-13,22H,4-6,9-10H2,1-3H3,(H,27,28). The number of anilines is 1. The van der Waals surface area contributed by atoms with Gasteiger partial charge in [-0.3, -0.25) is 14.4 Å². The quantitative estimate of drug-likeness (QED) is 0.506. The average Bonchev–Trinajstić information content (AvgIpc) is 2.95. The number of halogens is 1. The van der Waals surface area contributed by atoms with Crippen molar-refractivity contribution in [1.29, 1.82) is 0 Å². The van der Waals surface area contributed by atoms with Crippen LogP contribution in [0.15, 0.2) is 30.3 Å². The Hall–Kier alpha value is -2.66. The number of Topliss-reactive ketones (excluding diaryl/α,β-unsaturated/α-hetero) is 1. The van der Waals surface area contributed by atoms with Gasteiger partial charge >= 0.3 is 5.97 Å². The van der Waals surface area contributed by atoms with E-state index >= 15 is 0 Å². The van der Waals surface area contributed by atoms with E-state index in [0.717, 1.165) is 47.2 Å². The van der Waals surface area contributed by atoms with Crippen LogP contribution in [-0.4, -0.2) is 23.3 Å². The number of carbonyl (C=O) groups is 3. The van der Waals surface area contributed by atoms with Crippen molar-refractivity contribution in [2.75, 3.05) is 5.32 Å². The minimum Gasteiger partial charge on any atom is -0.450 e. The number of nitrogens with one attached hydrogen (secondary N) is 1. The highest BCUT2D eigenvalue weighted by Gasteiger charge is 2.55. The Morgan fingerprint density at radius 3 is 2.45 bits per heavy atom. The largest absolute Gasteiger partial charge is 0.450 e. The van der Waals surface area contributed by atoms with Gasteiger partial charge in [-0.05, 0) is 80.0 Å². The first-order valence-electron chi connectivity index (χ1n) is 10.7. The zero-order valence-corrected chi connectivity index (χ0v) is 18.8. The molecule has 1 unspecified atom stereocenters. The molecule has 1 atom stereocenters. The van der Waals surface area contributed by atoms with Crippen molar-refractivity contribution >= 4 is 34.9 Å². The van der Waals surface area contributed by atoms with Crippen LogP contribution in [0.5, 0.6) is 0 Å². The molecule has 0 radical (unpaired) electrons. The minimum atomic E-state index is -0.957. The fourth-order valence-corrected chi connectivity index (χ4v) is 5.04. The number of aryl methyl sites for hydroxylation is 2. The van der Waals surface area contributed by atoms with Crippen LogP contribution in [0.3, 0.4) is 0 Å². The van der Waals surface area contributed by atoms with E-state index in [0.29, 0.717) is 23.4 Å². The fraction of sp³-hybridized carbons (Fsp3) is 0.400. The predicted molar refractivity (Wildman–Crippen MR) is 120 cm³/mol. The molecule has 6 heteroatoms. The summed E-state index contributed by atoms with van der Waals surface area (Å²) < 4.78 is 5.67. The van der Waals surface area contributed by atoms with E-state index in [1.807, 2.05) is 38.1 Å². The van der Waals surface area contributed by atoms with E-state index in [2.05, 4.69) is 5.32 Å². The Kier molecular flexibility index (Phi) is 5.65. The molecule has 162 valence electrons. The normalized spacial score (nSPS) is 20.1. The molecule has 2 aliphatic rings. The van der Waals surface area contributed by atoms with E-state index in [-0.39, 0.29) is 11.7 Å². The average molecular weight is 440 g/mol. The number of amides is 1. The van der Waals surface area contributed by atoms with Crippen LogP contribution in [0.2, 0.25) is 5.02 Å². The van der Waals surface area contributed by atoms with E-state index in [4.69, 9.17) is 16.3 Å². The molecule has 2 aromatic carbocycles. The van der Waals surface area contributed by atoms with E-state index < -0.39 is 17.5 Å². The second-order valence-corrected chi connectivity index (χ2v) is 9.08. The summed E-state index contributed by atoms with van der Waals surface area (Å²) in [5, 5.41) is 3.28. The van der Waals surface area contributed by atoms with Gasteiger partial charge in [-0.15, -0.1) is 0 Å². The molecule has 1 N–H and O–H groups in total. The first kappa shape index (κ1) is 21.6. The van der Waals surface area contributed by atoms with Crippen molar-refractivity contribution in [3.63, 3.8) is 0 Å². The van der Waals surface area contributed by atoms with Crippen molar-refractivity contribution in [1.82, 2.24) is 0 Å². The molecule has 1 aliphatic heterocycles. The third-order valence-corrected chi connectivity index (χ3v) is 6.74. The summed E-state index contributed by atoms with van der Waals surface area (Å²) in [6.45, 7) is 5.27. The highest BCUT2D eigenvalue weighted by atomic mass is 35.5. The monoisotopic (exact) mass is 439 g/mol. The lowest BCUT2D eigenvalue weighted by Gasteiger charge is -2.29. The lowest BCUT2D eigenvalue weighted by atomic mass is 9.77. The van der Waals surface area contributed by atoms with Gasteiger partial charge in [-0.2, -0.15) is 0 Å². The molecule has 2 fully saturated rings. The molecule has 5 nitrogen and oxygen atoms in total. The Bertz CT molecular complexity index is 1090. The van der Waals surface area contributed by atoms with Crippen molar-refractivity contribution in [2.45, 2.75) is 64.4 Å². The Morgan fingerprint density at radius 1 is 1.06 bits per heavy atom. The van der Waals surface area contributed by atoms with Gasteiger partial charge in [0, 0.05) is 23.2 Å². The number of esters is 1.